The van der Waals surface area contributed by atoms with Gasteiger partial charge in [0.2, 0.25) is 0 Å². The highest BCUT2D eigenvalue weighted by atomic mass is 16.6. The number of carboxylic acids is 1. The Bertz CT molecular complexity index is 490. The fourth-order valence-electron chi connectivity index (χ4n) is 2.52. The van der Waals surface area contributed by atoms with E-state index in [0.29, 0.717) is 19.6 Å². The lowest BCUT2D eigenvalue weighted by molar-refractivity contribution is -0.141. The first kappa shape index (κ1) is 15.3. The average molecular weight is 293 g/mol. The third-order valence-electron chi connectivity index (χ3n) is 3.51. The lowest BCUT2D eigenvalue weighted by atomic mass is 10.1. The standard InChI is InChI=1S/C15H19NO5/c1-20-9-12-7-13(14(17)18)16(8-12)15(19)21-10-11-5-3-2-4-6-11/h2-6,12-13H,7-10H2,1H3,(H,17,18)/t12-,13-/m0/s1. The van der Waals surface area contributed by atoms with Crippen molar-refractivity contribution in [1.82, 2.24) is 4.90 Å². The van der Waals surface area contributed by atoms with Gasteiger partial charge in [-0.25, -0.2) is 9.59 Å². The van der Waals surface area contributed by atoms with E-state index < -0.39 is 18.1 Å². The molecule has 1 N–H and O–H groups in total. The zero-order valence-corrected chi connectivity index (χ0v) is 11.9. The van der Waals surface area contributed by atoms with Crippen molar-refractivity contribution in [2.45, 2.75) is 19.1 Å². The maximum Gasteiger partial charge on any atom is 0.410 e. The van der Waals surface area contributed by atoms with Crippen LogP contribution >= 0.6 is 0 Å². The molecule has 1 saturated heterocycles. The van der Waals surface area contributed by atoms with Crippen LogP contribution in [0.25, 0.3) is 0 Å². The number of carbonyl (C=O) groups is 2. The molecule has 1 amide bonds. The van der Waals surface area contributed by atoms with Crippen molar-refractivity contribution in [2.75, 3.05) is 20.3 Å². The predicted molar refractivity (Wildman–Crippen MR) is 74.7 cm³/mol. The van der Waals surface area contributed by atoms with Crippen LogP contribution in [0.1, 0.15) is 12.0 Å². The van der Waals surface area contributed by atoms with Gasteiger partial charge in [-0.3, -0.25) is 4.90 Å². The van der Waals surface area contributed by atoms with Crippen molar-refractivity contribution in [2.24, 2.45) is 5.92 Å². The number of hydrogen-bond donors (Lipinski definition) is 1. The van der Waals surface area contributed by atoms with Crippen molar-refractivity contribution in [3.05, 3.63) is 35.9 Å². The number of benzene rings is 1. The summed E-state index contributed by atoms with van der Waals surface area (Å²) in [6.07, 6.45) is -0.200. The molecule has 1 fully saturated rings. The van der Waals surface area contributed by atoms with Gasteiger partial charge in [-0.2, -0.15) is 0 Å². The highest BCUT2D eigenvalue weighted by Gasteiger charge is 2.40. The Morgan fingerprint density at radius 3 is 2.67 bits per heavy atom. The Labute approximate surface area is 123 Å². The van der Waals surface area contributed by atoms with Gasteiger partial charge in [-0.15, -0.1) is 0 Å². The number of hydrogen-bond acceptors (Lipinski definition) is 4. The molecule has 0 unspecified atom stereocenters. The number of methoxy groups -OCH3 is 1. The highest BCUT2D eigenvalue weighted by molar-refractivity contribution is 5.80. The van der Waals surface area contributed by atoms with Crippen molar-refractivity contribution in [1.29, 1.82) is 0 Å². The monoisotopic (exact) mass is 293 g/mol. The number of carboxylic acid groups (broad SMARTS) is 1. The predicted octanol–water partition coefficient (Wildman–Crippen LogP) is 1.74. The molecule has 0 spiro atoms. The van der Waals surface area contributed by atoms with Crippen LogP contribution in [0.3, 0.4) is 0 Å². The van der Waals surface area contributed by atoms with E-state index in [1.807, 2.05) is 30.3 Å². The quantitative estimate of drug-likeness (QED) is 0.895. The number of carbonyl (C=O) groups excluding carboxylic acids is 1. The molecule has 1 aromatic carbocycles. The Morgan fingerprint density at radius 1 is 1.33 bits per heavy atom. The second kappa shape index (κ2) is 7.08. The van der Waals surface area contributed by atoms with E-state index in [9.17, 15) is 14.7 Å². The number of likely N-dealkylation sites (tertiary alicyclic amines) is 1. The molecule has 114 valence electrons. The Morgan fingerprint density at radius 2 is 2.05 bits per heavy atom. The molecule has 0 aromatic heterocycles. The summed E-state index contributed by atoms with van der Waals surface area (Å²) in [5.74, 6) is -0.981. The minimum Gasteiger partial charge on any atom is -0.480 e. The summed E-state index contributed by atoms with van der Waals surface area (Å²) in [5, 5.41) is 9.21. The first-order valence-corrected chi connectivity index (χ1v) is 6.81. The van der Waals surface area contributed by atoms with Gasteiger partial charge < -0.3 is 14.6 Å². The van der Waals surface area contributed by atoms with Gasteiger partial charge in [-0.05, 0) is 12.0 Å². The molecule has 6 nitrogen and oxygen atoms in total. The van der Waals surface area contributed by atoms with Crippen LogP contribution in [0.5, 0.6) is 0 Å². The van der Waals surface area contributed by atoms with E-state index in [4.69, 9.17) is 9.47 Å². The van der Waals surface area contributed by atoms with Gasteiger partial charge in [0.1, 0.15) is 12.6 Å². The SMILES string of the molecule is COC[C@H]1C[C@@H](C(=O)O)N(C(=O)OCc2ccccc2)C1. The van der Waals surface area contributed by atoms with E-state index in [-0.39, 0.29) is 12.5 Å². The molecule has 6 heteroatoms. The molecule has 0 saturated carbocycles. The van der Waals surface area contributed by atoms with E-state index in [0.717, 1.165) is 5.56 Å². The summed E-state index contributed by atoms with van der Waals surface area (Å²) >= 11 is 0. The number of amides is 1. The van der Waals surface area contributed by atoms with E-state index in [1.165, 1.54) is 4.90 Å². The molecule has 2 atom stereocenters. The lowest BCUT2D eigenvalue weighted by Gasteiger charge is -2.20. The maximum absolute atomic E-state index is 12.1. The molecular weight excluding hydrogens is 274 g/mol. The van der Waals surface area contributed by atoms with Gasteiger partial charge in [0.05, 0.1) is 6.61 Å². The molecule has 0 bridgehead atoms. The zero-order valence-electron chi connectivity index (χ0n) is 11.9. The van der Waals surface area contributed by atoms with Crippen molar-refractivity contribution < 1.29 is 24.2 Å². The number of nitrogens with zero attached hydrogens (tertiary/aromatic N) is 1. The summed E-state index contributed by atoms with van der Waals surface area (Å²) in [7, 11) is 1.56. The van der Waals surface area contributed by atoms with Crippen molar-refractivity contribution in [3.8, 4) is 0 Å². The Kier molecular flexibility index (Phi) is 5.16. The van der Waals surface area contributed by atoms with Crippen molar-refractivity contribution >= 4 is 12.1 Å². The molecule has 1 aliphatic rings. The van der Waals surface area contributed by atoms with Crippen LogP contribution in [0.4, 0.5) is 4.79 Å². The van der Waals surface area contributed by atoms with Gasteiger partial charge in [0.15, 0.2) is 0 Å². The zero-order chi connectivity index (χ0) is 15.2. The lowest BCUT2D eigenvalue weighted by Crippen LogP contribution is -2.40. The summed E-state index contributed by atoms with van der Waals surface area (Å²) in [6, 6.07) is 8.44. The first-order valence-electron chi connectivity index (χ1n) is 6.81. The molecule has 1 aliphatic heterocycles. The first-order chi connectivity index (χ1) is 10.1. The topological polar surface area (TPSA) is 76.1 Å². The van der Waals surface area contributed by atoms with Crippen LogP contribution in [0.2, 0.25) is 0 Å². The molecule has 2 rings (SSSR count). The van der Waals surface area contributed by atoms with Gasteiger partial charge >= 0.3 is 12.1 Å². The summed E-state index contributed by atoms with van der Waals surface area (Å²) in [5.41, 5.74) is 0.866. The second-order valence-corrected chi connectivity index (χ2v) is 5.10. The highest BCUT2D eigenvalue weighted by Crippen LogP contribution is 2.24. The molecule has 21 heavy (non-hydrogen) atoms. The number of ether oxygens (including phenoxy) is 2. The average Bonchev–Trinajstić information content (AvgIpc) is 2.90. The fraction of sp³-hybridized carbons (Fsp3) is 0.467. The molecule has 1 heterocycles. The van der Waals surface area contributed by atoms with Gasteiger partial charge in [0, 0.05) is 19.6 Å². The summed E-state index contributed by atoms with van der Waals surface area (Å²) < 4.78 is 10.2. The third-order valence-corrected chi connectivity index (χ3v) is 3.51. The maximum atomic E-state index is 12.1. The van der Waals surface area contributed by atoms with Gasteiger partial charge in [0.25, 0.3) is 0 Å². The minimum atomic E-state index is -1.01. The van der Waals surface area contributed by atoms with E-state index >= 15 is 0 Å². The van der Waals surface area contributed by atoms with Crippen LogP contribution in [0.15, 0.2) is 30.3 Å². The molecule has 0 radical (unpaired) electrons. The van der Waals surface area contributed by atoms with Crippen molar-refractivity contribution in [3.63, 3.8) is 0 Å². The smallest absolute Gasteiger partial charge is 0.410 e. The van der Waals surface area contributed by atoms with Crippen LogP contribution in [0, 0.1) is 5.92 Å². The minimum absolute atomic E-state index is 0.0281. The molecule has 1 aromatic rings. The van der Waals surface area contributed by atoms with Crippen LogP contribution < -0.4 is 0 Å². The number of aliphatic carboxylic acids is 1. The van der Waals surface area contributed by atoms with Crippen LogP contribution in [-0.4, -0.2) is 48.4 Å². The third kappa shape index (κ3) is 3.95. The Hall–Kier alpha value is -2.08. The summed E-state index contributed by atoms with van der Waals surface area (Å²) in [4.78, 5) is 24.6. The van der Waals surface area contributed by atoms with Crippen LogP contribution in [-0.2, 0) is 20.9 Å². The normalized spacial score (nSPS) is 21.3. The Balaban J connectivity index is 1.94. The number of rotatable bonds is 5. The molecular formula is C15H19NO5. The van der Waals surface area contributed by atoms with E-state index in [2.05, 4.69) is 0 Å². The second-order valence-electron chi connectivity index (χ2n) is 5.10. The largest absolute Gasteiger partial charge is 0.480 e. The van der Waals surface area contributed by atoms with E-state index in [1.54, 1.807) is 7.11 Å². The fourth-order valence-corrected chi connectivity index (χ4v) is 2.52. The molecule has 0 aliphatic carbocycles. The van der Waals surface area contributed by atoms with Gasteiger partial charge in [-0.1, -0.05) is 30.3 Å². The summed E-state index contributed by atoms with van der Waals surface area (Å²) in [6.45, 7) is 0.919.